The number of nitrogens with one attached hydrogen (secondary N) is 1. The number of rotatable bonds is 2. The van der Waals surface area contributed by atoms with E-state index in [-0.39, 0.29) is 23.0 Å². The molecule has 1 saturated carbocycles. The van der Waals surface area contributed by atoms with Crippen LogP contribution < -0.4 is 5.32 Å². The summed E-state index contributed by atoms with van der Waals surface area (Å²) in [6.07, 6.45) is 8.13. The van der Waals surface area contributed by atoms with Gasteiger partial charge in [0.1, 0.15) is 0 Å². The molecular weight excluding hydrogens is 288 g/mol. The molecule has 1 N–H and O–H groups in total. The lowest BCUT2D eigenvalue weighted by molar-refractivity contribution is -0.128. The zero-order chi connectivity index (χ0) is 16.6. The third-order valence-corrected chi connectivity index (χ3v) is 6.22. The quantitative estimate of drug-likeness (QED) is 0.850. The van der Waals surface area contributed by atoms with Crippen molar-refractivity contribution in [3.63, 3.8) is 0 Å². The second-order valence-corrected chi connectivity index (χ2v) is 7.43. The summed E-state index contributed by atoms with van der Waals surface area (Å²) in [6.45, 7) is 4.19. The maximum absolute atomic E-state index is 12.8. The number of hydrogen-bond donors (Lipinski definition) is 1. The molecule has 3 aliphatic rings. The number of nitrogens with zero attached hydrogens (tertiary/aromatic N) is 1. The van der Waals surface area contributed by atoms with E-state index < -0.39 is 0 Å². The molecule has 1 heterocycles. The van der Waals surface area contributed by atoms with Gasteiger partial charge >= 0.3 is 0 Å². The molecule has 0 bridgehead atoms. The summed E-state index contributed by atoms with van der Waals surface area (Å²) in [7, 11) is 0. The molecule has 0 radical (unpaired) electrons. The summed E-state index contributed by atoms with van der Waals surface area (Å²) in [6, 6.07) is 2.25. The Labute approximate surface area is 137 Å². The third kappa shape index (κ3) is 2.63. The van der Waals surface area contributed by atoms with Gasteiger partial charge in [-0.15, -0.1) is 0 Å². The summed E-state index contributed by atoms with van der Waals surface area (Å²) >= 11 is 0. The van der Waals surface area contributed by atoms with Crippen LogP contribution in [0.5, 0.6) is 0 Å². The minimum Gasteiger partial charge on any atom is -0.333 e. The Balaban J connectivity index is 1.99. The molecule has 23 heavy (non-hydrogen) atoms. The van der Waals surface area contributed by atoms with Gasteiger partial charge in [0.15, 0.2) is 5.78 Å². The lowest BCUT2D eigenvalue weighted by atomic mass is 9.52. The van der Waals surface area contributed by atoms with E-state index in [1.54, 1.807) is 6.08 Å². The van der Waals surface area contributed by atoms with Gasteiger partial charge in [0.2, 0.25) is 5.91 Å². The van der Waals surface area contributed by atoms with Crippen molar-refractivity contribution in [2.75, 3.05) is 0 Å². The highest BCUT2D eigenvalue weighted by atomic mass is 16.1. The zero-order valence-corrected chi connectivity index (χ0v) is 13.9. The van der Waals surface area contributed by atoms with Crippen molar-refractivity contribution in [3.05, 3.63) is 23.4 Å². The number of carbonyl (C=O) groups excluding carboxylic acids is 2. The molecule has 4 heteroatoms. The van der Waals surface area contributed by atoms with Crippen molar-refractivity contribution in [2.24, 2.45) is 23.2 Å². The summed E-state index contributed by atoms with van der Waals surface area (Å²) in [5.41, 5.74) is 2.11. The number of fused-ring (bicyclic) bond motifs is 3. The number of amides is 1. The van der Waals surface area contributed by atoms with Crippen molar-refractivity contribution in [2.45, 2.75) is 52.4 Å². The summed E-state index contributed by atoms with van der Waals surface area (Å²) in [5, 5.41) is 11.8. The van der Waals surface area contributed by atoms with Gasteiger partial charge in [0.05, 0.1) is 6.07 Å². The maximum Gasteiger partial charge on any atom is 0.223 e. The van der Waals surface area contributed by atoms with Crippen molar-refractivity contribution in [1.82, 2.24) is 5.32 Å². The van der Waals surface area contributed by atoms with E-state index in [0.29, 0.717) is 24.7 Å². The highest BCUT2D eigenvalue weighted by Crippen LogP contribution is 2.56. The van der Waals surface area contributed by atoms with E-state index in [9.17, 15) is 9.59 Å². The Bertz CT molecular complexity index is 640. The predicted molar refractivity (Wildman–Crippen MR) is 86.9 cm³/mol. The molecule has 2 aliphatic carbocycles. The van der Waals surface area contributed by atoms with Gasteiger partial charge in [-0.05, 0) is 56.1 Å². The molecule has 4 atom stereocenters. The molecule has 1 fully saturated rings. The average molecular weight is 312 g/mol. The van der Waals surface area contributed by atoms with Crippen LogP contribution in [0, 0.1) is 34.5 Å². The standard InChI is InChI=1S/C19H24N2O2/c1-12-10-16(22)18-15(14(12)4-3-9-20)6-5-13-11-21-17(23)7-8-19(13,18)2/h10-11,14-15,18H,3-8H2,1-2H3,(H,21,23). The van der Waals surface area contributed by atoms with Crippen LogP contribution in [-0.4, -0.2) is 11.7 Å². The summed E-state index contributed by atoms with van der Waals surface area (Å²) in [4.78, 5) is 24.6. The van der Waals surface area contributed by atoms with Crippen LogP contribution in [0.2, 0.25) is 0 Å². The van der Waals surface area contributed by atoms with E-state index in [2.05, 4.69) is 18.3 Å². The van der Waals surface area contributed by atoms with Crippen LogP contribution in [0.25, 0.3) is 0 Å². The summed E-state index contributed by atoms with van der Waals surface area (Å²) < 4.78 is 0. The number of ketones is 1. The minimum absolute atomic E-state index is 0.0423. The Morgan fingerprint density at radius 3 is 2.91 bits per heavy atom. The molecule has 0 aromatic carbocycles. The normalized spacial score (nSPS) is 36.7. The third-order valence-electron chi connectivity index (χ3n) is 6.22. The van der Waals surface area contributed by atoms with Gasteiger partial charge in [-0.2, -0.15) is 5.26 Å². The van der Waals surface area contributed by atoms with Gasteiger partial charge < -0.3 is 5.32 Å². The van der Waals surface area contributed by atoms with Crippen LogP contribution >= 0.6 is 0 Å². The molecule has 4 nitrogen and oxygen atoms in total. The first-order valence-electron chi connectivity index (χ1n) is 8.55. The van der Waals surface area contributed by atoms with Crippen LogP contribution in [0.4, 0.5) is 0 Å². The summed E-state index contributed by atoms with van der Waals surface area (Å²) in [5.74, 6) is 0.824. The first-order chi connectivity index (χ1) is 11.0. The Kier molecular flexibility index (Phi) is 4.14. The predicted octanol–water partition coefficient (Wildman–Crippen LogP) is 3.26. The Morgan fingerprint density at radius 1 is 1.39 bits per heavy atom. The second kappa shape index (κ2) is 5.96. The first kappa shape index (κ1) is 16.0. The van der Waals surface area contributed by atoms with Crippen LogP contribution in [0.15, 0.2) is 23.4 Å². The van der Waals surface area contributed by atoms with Crippen molar-refractivity contribution in [3.8, 4) is 6.07 Å². The molecule has 1 aliphatic heterocycles. The van der Waals surface area contributed by atoms with E-state index in [4.69, 9.17) is 5.26 Å². The molecule has 4 unspecified atom stereocenters. The van der Waals surface area contributed by atoms with Crippen LogP contribution in [0.3, 0.4) is 0 Å². The lowest BCUT2D eigenvalue weighted by Crippen LogP contribution is -2.48. The Hall–Kier alpha value is -1.89. The first-order valence-corrected chi connectivity index (χ1v) is 8.55. The molecule has 0 aromatic rings. The molecule has 1 amide bonds. The van der Waals surface area contributed by atoms with E-state index in [1.807, 2.05) is 13.1 Å². The fourth-order valence-corrected chi connectivity index (χ4v) is 4.99. The molecule has 0 saturated heterocycles. The van der Waals surface area contributed by atoms with Gasteiger partial charge in [-0.3, -0.25) is 9.59 Å². The van der Waals surface area contributed by atoms with E-state index >= 15 is 0 Å². The fourth-order valence-electron chi connectivity index (χ4n) is 4.99. The van der Waals surface area contributed by atoms with Crippen molar-refractivity contribution < 1.29 is 9.59 Å². The molecule has 3 rings (SSSR count). The molecule has 0 aromatic heterocycles. The van der Waals surface area contributed by atoms with E-state index in [1.165, 1.54) is 5.57 Å². The lowest BCUT2D eigenvalue weighted by Gasteiger charge is -2.50. The highest BCUT2D eigenvalue weighted by Gasteiger charge is 2.52. The number of nitriles is 1. The monoisotopic (exact) mass is 312 g/mol. The number of allylic oxidation sites excluding steroid dienone is 3. The second-order valence-electron chi connectivity index (χ2n) is 7.43. The number of hydrogen-bond acceptors (Lipinski definition) is 3. The largest absolute Gasteiger partial charge is 0.333 e. The van der Waals surface area contributed by atoms with Crippen molar-refractivity contribution in [1.29, 1.82) is 5.26 Å². The molecule has 122 valence electrons. The van der Waals surface area contributed by atoms with Crippen LogP contribution in [0.1, 0.15) is 52.4 Å². The van der Waals surface area contributed by atoms with Gasteiger partial charge in [-0.1, -0.05) is 12.5 Å². The highest BCUT2D eigenvalue weighted by molar-refractivity contribution is 5.95. The topological polar surface area (TPSA) is 70.0 Å². The van der Waals surface area contributed by atoms with E-state index in [0.717, 1.165) is 31.3 Å². The minimum atomic E-state index is -0.235. The Morgan fingerprint density at radius 2 is 2.17 bits per heavy atom. The molecular formula is C19H24N2O2. The van der Waals surface area contributed by atoms with Gasteiger partial charge in [0, 0.05) is 30.4 Å². The zero-order valence-electron chi connectivity index (χ0n) is 13.9. The number of carbonyl (C=O) groups is 2. The molecule has 0 spiro atoms. The van der Waals surface area contributed by atoms with Gasteiger partial charge in [-0.25, -0.2) is 0 Å². The van der Waals surface area contributed by atoms with Crippen LogP contribution in [-0.2, 0) is 9.59 Å². The maximum atomic E-state index is 12.8. The average Bonchev–Trinajstić information content (AvgIpc) is 2.65. The SMILES string of the molecule is CC1=CC(=O)C2C(CCC3=CNC(=O)CCC32C)C1CCC#N. The van der Waals surface area contributed by atoms with Gasteiger partial charge in [0.25, 0.3) is 0 Å². The fraction of sp³-hybridized carbons (Fsp3) is 0.632. The van der Waals surface area contributed by atoms with Crippen molar-refractivity contribution >= 4 is 11.7 Å². The smallest absolute Gasteiger partial charge is 0.223 e.